The van der Waals surface area contributed by atoms with Crippen molar-refractivity contribution in [3.63, 3.8) is 0 Å². The fourth-order valence-electron chi connectivity index (χ4n) is 6.19. The first-order valence-corrected chi connectivity index (χ1v) is 15.8. The Morgan fingerprint density at radius 3 is 2.31 bits per heavy atom. The quantitative estimate of drug-likeness (QED) is 0.515. The third-order valence-corrected chi connectivity index (χ3v) is 10.3. The van der Waals surface area contributed by atoms with Crippen molar-refractivity contribution in [2.75, 3.05) is 43.4 Å². The Hall–Kier alpha value is -3.07. The Bertz CT molecular complexity index is 1290. The van der Waals surface area contributed by atoms with Crippen molar-refractivity contribution in [1.29, 1.82) is 0 Å². The number of nitrogens with zero attached hydrogens (tertiary/aromatic N) is 4. The highest BCUT2D eigenvalue weighted by Crippen LogP contribution is 2.30. The first-order valence-electron chi connectivity index (χ1n) is 14.2. The number of hydrogen-bond donors (Lipinski definition) is 0. The average Bonchev–Trinajstić information content (AvgIpc) is 3.27. The highest BCUT2D eigenvalue weighted by molar-refractivity contribution is 7.89. The van der Waals surface area contributed by atoms with Crippen LogP contribution in [0.25, 0.3) is 0 Å². The van der Waals surface area contributed by atoms with E-state index in [2.05, 4.69) is 36.9 Å². The number of aryl methyl sites for hydroxylation is 2. The highest BCUT2D eigenvalue weighted by atomic mass is 32.2. The van der Waals surface area contributed by atoms with Crippen LogP contribution in [-0.2, 0) is 21.4 Å². The number of piperazine rings is 1. The molecule has 2 aliphatic heterocycles. The molecule has 2 aromatic carbocycles. The van der Waals surface area contributed by atoms with Gasteiger partial charge in [0.05, 0.1) is 12.3 Å². The summed E-state index contributed by atoms with van der Waals surface area (Å²) < 4.78 is 27.9. The van der Waals surface area contributed by atoms with Crippen LogP contribution in [0.2, 0.25) is 0 Å². The van der Waals surface area contributed by atoms with Crippen molar-refractivity contribution >= 4 is 27.6 Å². The van der Waals surface area contributed by atoms with E-state index in [0.29, 0.717) is 26.2 Å². The van der Waals surface area contributed by atoms with Crippen molar-refractivity contribution in [2.24, 2.45) is 5.92 Å². The van der Waals surface area contributed by atoms with Crippen molar-refractivity contribution in [1.82, 2.24) is 14.1 Å². The molecule has 1 saturated carbocycles. The zero-order chi connectivity index (χ0) is 27.6. The topological polar surface area (TPSA) is 81.2 Å². The number of anilines is 1. The van der Waals surface area contributed by atoms with Crippen LogP contribution in [0.1, 0.15) is 48.8 Å². The molecule has 210 valence electrons. The second-order valence-corrected chi connectivity index (χ2v) is 13.3. The minimum absolute atomic E-state index is 0.0205. The molecule has 2 aromatic rings. The Morgan fingerprint density at radius 1 is 0.923 bits per heavy atom. The molecule has 5 rings (SSSR count). The Labute approximate surface area is 232 Å². The smallest absolute Gasteiger partial charge is 0.334 e. The molecule has 8 nitrogen and oxygen atoms in total. The summed E-state index contributed by atoms with van der Waals surface area (Å²) in [5.74, 6) is -0.116. The maximum atomic E-state index is 13.9. The second-order valence-electron chi connectivity index (χ2n) is 11.3. The molecule has 1 atom stereocenters. The summed E-state index contributed by atoms with van der Waals surface area (Å²) >= 11 is 0. The maximum Gasteiger partial charge on any atom is 0.334 e. The third kappa shape index (κ3) is 6.08. The molecule has 0 bridgehead atoms. The zero-order valence-corrected chi connectivity index (χ0v) is 23.9. The van der Waals surface area contributed by atoms with Gasteiger partial charge in [0.15, 0.2) is 0 Å². The van der Waals surface area contributed by atoms with Crippen LogP contribution < -0.4 is 4.90 Å². The van der Waals surface area contributed by atoms with Gasteiger partial charge in [-0.05, 0) is 55.4 Å². The lowest BCUT2D eigenvalue weighted by Crippen LogP contribution is -2.54. The summed E-state index contributed by atoms with van der Waals surface area (Å²) in [6.45, 7) is 6.72. The molecular weight excluding hydrogens is 512 g/mol. The number of hydrogen-bond acceptors (Lipinski definition) is 5. The van der Waals surface area contributed by atoms with Gasteiger partial charge in [0, 0.05) is 38.4 Å². The Kier molecular flexibility index (Phi) is 8.16. The molecule has 39 heavy (non-hydrogen) atoms. The number of urea groups is 1. The number of benzene rings is 2. The van der Waals surface area contributed by atoms with E-state index in [1.54, 1.807) is 4.90 Å². The minimum Gasteiger partial charge on any atom is -0.368 e. The van der Waals surface area contributed by atoms with E-state index in [0.717, 1.165) is 42.0 Å². The minimum atomic E-state index is -3.82. The van der Waals surface area contributed by atoms with Gasteiger partial charge in [0.1, 0.15) is 6.04 Å². The predicted molar refractivity (Wildman–Crippen MR) is 153 cm³/mol. The van der Waals surface area contributed by atoms with Gasteiger partial charge in [-0.25, -0.2) is 17.5 Å². The van der Waals surface area contributed by atoms with Crippen LogP contribution in [0.4, 0.5) is 10.5 Å². The van der Waals surface area contributed by atoms with Crippen LogP contribution in [0.15, 0.2) is 48.5 Å². The summed E-state index contributed by atoms with van der Waals surface area (Å²) in [4.78, 5) is 33.0. The number of sulfonamides is 1. The van der Waals surface area contributed by atoms with E-state index >= 15 is 0 Å². The van der Waals surface area contributed by atoms with Crippen molar-refractivity contribution in [2.45, 2.75) is 58.5 Å². The standard InChI is InChI=1S/C30H40N4O4S/c1-23-13-14-24(2)27(19-23)31-15-17-32(18-16-31)29(35)28-21-34(39(37,38)22-26-11-7-4-8-12-26)30(36)33(28)20-25-9-5-3-6-10-25/h3,5-6,9-10,13-14,19,26,28H,4,7-8,11-12,15-18,20-22H2,1-2H3. The zero-order valence-electron chi connectivity index (χ0n) is 23.1. The summed E-state index contributed by atoms with van der Waals surface area (Å²) in [6.07, 6.45) is 4.95. The van der Waals surface area contributed by atoms with Gasteiger partial charge in [-0.15, -0.1) is 0 Å². The van der Waals surface area contributed by atoms with Gasteiger partial charge in [-0.3, -0.25) is 4.79 Å². The lowest BCUT2D eigenvalue weighted by atomic mass is 9.91. The van der Waals surface area contributed by atoms with Crippen molar-refractivity contribution < 1.29 is 18.0 Å². The largest absolute Gasteiger partial charge is 0.368 e. The highest BCUT2D eigenvalue weighted by Gasteiger charge is 2.48. The number of carbonyl (C=O) groups is 2. The number of carbonyl (C=O) groups excluding carboxylic acids is 2. The number of rotatable bonds is 7. The van der Waals surface area contributed by atoms with Crippen molar-refractivity contribution in [3.8, 4) is 0 Å². The predicted octanol–water partition coefficient (Wildman–Crippen LogP) is 4.17. The fraction of sp³-hybridized carbons (Fsp3) is 0.533. The van der Waals surface area contributed by atoms with Crippen LogP contribution in [0, 0.1) is 19.8 Å². The molecule has 9 heteroatoms. The Morgan fingerprint density at radius 2 is 1.62 bits per heavy atom. The van der Waals surface area contributed by atoms with E-state index < -0.39 is 22.1 Å². The van der Waals surface area contributed by atoms with E-state index in [1.165, 1.54) is 21.7 Å². The van der Waals surface area contributed by atoms with Crippen LogP contribution in [-0.4, -0.2) is 79.0 Å². The molecule has 3 amide bonds. The van der Waals surface area contributed by atoms with Gasteiger partial charge < -0.3 is 14.7 Å². The molecule has 3 fully saturated rings. The maximum absolute atomic E-state index is 13.9. The molecule has 3 aliphatic rings. The molecule has 2 saturated heterocycles. The van der Waals surface area contributed by atoms with E-state index in [1.807, 2.05) is 30.3 Å². The molecule has 0 radical (unpaired) electrons. The fourth-order valence-corrected chi connectivity index (χ4v) is 8.01. The van der Waals surface area contributed by atoms with Crippen molar-refractivity contribution in [3.05, 3.63) is 65.2 Å². The molecule has 1 unspecified atom stereocenters. The molecule has 0 spiro atoms. The first kappa shape index (κ1) is 27.5. The normalized spacial score (nSPS) is 21.1. The van der Waals surface area contributed by atoms with Gasteiger partial charge in [-0.1, -0.05) is 61.7 Å². The molecular formula is C30H40N4O4S. The van der Waals surface area contributed by atoms with Gasteiger partial charge >= 0.3 is 6.03 Å². The van der Waals surface area contributed by atoms with Gasteiger partial charge in [0.25, 0.3) is 0 Å². The number of amides is 3. The lowest BCUT2D eigenvalue weighted by Gasteiger charge is -2.38. The lowest BCUT2D eigenvalue weighted by molar-refractivity contribution is -0.135. The van der Waals surface area contributed by atoms with Crippen LogP contribution in [0.5, 0.6) is 0 Å². The third-order valence-electron chi connectivity index (χ3n) is 8.46. The summed E-state index contributed by atoms with van der Waals surface area (Å²) in [5, 5.41) is 0. The average molecular weight is 553 g/mol. The first-order chi connectivity index (χ1) is 18.7. The van der Waals surface area contributed by atoms with Gasteiger partial charge in [-0.2, -0.15) is 0 Å². The van der Waals surface area contributed by atoms with E-state index in [4.69, 9.17) is 0 Å². The van der Waals surface area contributed by atoms with Crippen LogP contribution >= 0.6 is 0 Å². The summed E-state index contributed by atoms with van der Waals surface area (Å²) in [5.41, 5.74) is 4.46. The molecule has 2 heterocycles. The second kappa shape index (κ2) is 11.6. The SMILES string of the molecule is Cc1ccc(C)c(N2CCN(C(=O)C3CN(S(=O)(=O)CC4CCCCC4)C(=O)N3Cc3ccccc3)CC2)c1. The van der Waals surface area contributed by atoms with E-state index in [9.17, 15) is 18.0 Å². The molecule has 0 aromatic heterocycles. The van der Waals surface area contributed by atoms with Gasteiger partial charge in [0.2, 0.25) is 15.9 Å². The van der Waals surface area contributed by atoms with Crippen LogP contribution in [0.3, 0.4) is 0 Å². The molecule has 1 aliphatic carbocycles. The van der Waals surface area contributed by atoms with E-state index in [-0.39, 0.29) is 30.7 Å². The Balaban J connectivity index is 1.32. The summed E-state index contributed by atoms with van der Waals surface area (Å²) in [6, 6.07) is 14.5. The monoisotopic (exact) mass is 552 g/mol. The molecule has 0 N–H and O–H groups in total. The summed E-state index contributed by atoms with van der Waals surface area (Å²) in [7, 11) is -3.82.